The van der Waals surface area contributed by atoms with Crippen LogP contribution in [-0.4, -0.2) is 40.4 Å². The fourth-order valence-electron chi connectivity index (χ4n) is 4.80. The predicted molar refractivity (Wildman–Crippen MR) is 210 cm³/mol. The van der Waals surface area contributed by atoms with Crippen LogP contribution >= 0.6 is 22.6 Å². The second-order valence-electron chi connectivity index (χ2n) is 10.2. The van der Waals surface area contributed by atoms with E-state index in [9.17, 15) is 9.59 Å². The van der Waals surface area contributed by atoms with E-state index in [-0.39, 0.29) is 19.4 Å². The maximum absolute atomic E-state index is 12.0. The number of carbonyl (C=O) groups is 2. The number of ether oxygens (including phenoxy) is 4. The van der Waals surface area contributed by atoms with E-state index in [2.05, 4.69) is 40.4 Å². The van der Waals surface area contributed by atoms with Gasteiger partial charge in [0.1, 0.15) is 11.5 Å². The van der Waals surface area contributed by atoms with Gasteiger partial charge in [-0.05, 0) is 106 Å². The van der Waals surface area contributed by atoms with Gasteiger partial charge in [0.15, 0.2) is 0 Å². The number of hydrogen-bond donors (Lipinski definition) is 0. The molecule has 0 heterocycles. The molecule has 7 heteroatoms. The van der Waals surface area contributed by atoms with Gasteiger partial charge in [-0.15, -0.1) is 6.42 Å². The summed E-state index contributed by atoms with van der Waals surface area (Å²) >= 11 is 2.23. The molecule has 252 valence electrons. The number of benzene rings is 6. The van der Waals surface area contributed by atoms with Gasteiger partial charge in [0.2, 0.25) is 0 Å². The van der Waals surface area contributed by atoms with Crippen LogP contribution in [0.15, 0.2) is 121 Å². The normalized spacial score (nSPS) is 9.52. The van der Waals surface area contributed by atoms with Crippen LogP contribution in [0.1, 0.15) is 44.8 Å². The molecular weight excluding hydrogens is 739 g/mol. The fraction of sp³-hybridized carbons (Fsp3) is 0.116. The van der Waals surface area contributed by atoms with Gasteiger partial charge in [-0.1, -0.05) is 73.7 Å². The van der Waals surface area contributed by atoms with Crippen molar-refractivity contribution >= 4 is 56.1 Å². The van der Waals surface area contributed by atoms with Crippen LogP contribution in [0.3, 0.4) is 0 Å². The van der Waals surface area contributed by atoms with Gasteiger partial charge in [0, 0.05) is 31.0 Å². The van der Waals surface area contributed by atoms with Crippen molar-refractivity contribution in [1.82, 2.24) is 0 Å². The Labute approximate surface area is 307 Å². The molecule has 0 saturated carbocycles. The van der Waals surface area contributed by atoms with Gasteiger partial charge in [-0.2, -0.15) is 0 Å². The average Bonchev–Trinajstić information content (AvgIpc) is 3.16. The largest absolute Gasteiger partial charge is 0.497 e. The molecule has 6 aromatic carbocycles. The van der Waals surface area contributed by atoms with E-state index in [0.717, 1.165) is 53.3 Å². The predicted octanol–water partition coefficient (Wildman–Crippen LogP) is 9.58. The highest BCUT2D eigenvalue weighted by Crippen LogP contribution is 2.25. The molecule has 0 aliphatic rings. The number of esters is 2. The lowest BCUT2D eigenvalue weighted by atomic mass is 9.99. The van der Waals surface area contributed by atoms with Crippen molar-refractivity contribution in [2.45, 2.75) is 7.43 Å². The Kier molecular flexibility index (Phi) is 14.9. The van der Waals surface area contributed by atoms with Gasteiger partial charge < -0.3 is 18.9 Å². The molecule has 0 radical (unpaired) electrons. The molecule has 50 heavy (non-hydrogen) atoms. The first-order chi connectivity index (χ1) is 23.8. The summed E-state index contributed by atoms with van der Waals surface area (Å²) in [6, 6.07) is 37.9. The molecule has 0 aromatic heterocycles. The first-order valence-electron chi connectivity index (χ1n) is 15.0. The summed E-state index contributed by atoms with van der Waals surface area (Å²) in [7, 11) is 6.04. The van der Waals surface area contributed by atoms with Crippen LogP contribution in [0.5, 0.6) is 11.5 Å². The Morgan fingerprint density at radius 3 is 1.48 bits per heavy atom. The second-order valence-corrected chi connectivity index (χ2v) is 11.3. The first-order valence-corrected chi connectivity index (χ1v) is 16.0. The summed E-state index contributed by atoms with van der Waals surface area (Å²) in [4.78, 5) is 23.6. The van der Waals surface area contributed by atoms with E-state index < -0.39 is 0 Å². The topological polar surface area (TPSA) is 71.1 Å². The molecule has 0 bridgehead atoms. The molecule has 0 saturated heterocycles. The van der Waals surface area contributed by atoms with Gasteiger partial charge in [0.25, 0.3) is 0 Å². The minimum absolute atomic E-state index is 0. The molecule has 6 nitrogen and oxygen atoms in total. The van der Waals surface area contributed by atoms with Crippen LogP contribution in [0.2, 0.25) is 0 Å². The van der Waals surface area contributed by atoms with Gasteiger partial charge in [0.05, 0.1) is 39.6 Å². The van der Waals surface area contributed by atoms with Crippen LogP contribution in [-0.2, 0) is 9.47 Å². The van der Waals surface area contributed by atoms with E-state index in [1.165, 1.54) is 14.2 Å². The Morgan fingerprint density at radius 1 is 0.560 bits per heavy atom. The second kappa shape index (κ2) is 19.3. The number of rotatable bonds is 4. The number of methoxy groups -OCH3 is 4. The van der Waals surface area contributed by atoms with E-state index in [1.54, 1.807) is 26.4 Å². The van der Waals surface area contributed by atoms with Gasteiger partial charge in [-0.25, -0.2) is 9.59 Å². The third-order valence-corrected chi connectivity index (χ3v) is 8.16. The summed E-state index contributed by atoms with van der Waals surface area (Å²) in [5.74, 6) is 9.79. The van der Waals surface area contributed by atoms with Gasteiger partial charge in [-0.3, -0.25) is 0 Å². The smallest absolute Gasteiger partial charge is 0.338 e. The van der Waals surface area contributed by atoms with Crippen LogP contribution in [0.4, 0.5) is 0 Å². The van der Waals surface area contributed by atoms with Crippen molar-refractivity contribution in [2.75, 3.05) is 28.4 Å². The zero-order chi connectivity index (χ0) is 35.2. The summed E-state index contributed by atoms with van der Waals surface area (Å²) in [6.45, 7) is 0. The Morgan fingerprint density at radius 2 is 1.00 bits per heavy atom. The molecule has 0 N–H and O–H groups in total. The third-order valence-electron chi connectivity index (χ3n) is 7.26. The number of terminal acetylenes is 1. The van der Waals surface area contributed by atoms with Crippen molar-refractivity contribution in [3.63, 3.8) is 0 Å². The average molecular weight is 777 g/mol. The lowest BCUT2D eigenvalue weighted by molar-refractivity contribution is 0.0594. The molecule has 6 rings (SSSR count). The molecular formula is C43H37IO6. The van der Waals surface area contributed by atoms with Crippen molar-refractivity contribution in [3.8, 4) is 35.7 Å². The van der Waals surface area contributed by atoms with E-state index in [4.69, 9.17) is 25.4 Å². The standard InChI is InChI=1S/C21H16O3.C12H9IO2.C9H8O.CH4/c1-23-18-13-10-15(11-14-18)9-12-17-6-3-5-16-7-4-8-19(20(16)17)21(22)24-2;1-15-12(14)9-6-2-4-8-5-3-7-10(13)11(8)9;1-3-8-4-6-9(10-2)7-5-8;/h3-8,10-11,13-14H,1-2H3;2-7H,1H3;1,4-7H,2H3;1H4. The lowest BCUT2D eigenvalue weighted by Crippen LogP contribution is -2.02. The molecule has 0 unspecified atom stereocenters. The molecule has 0 amide bonds. The third kappa shape index (κ3) is 9.88. The Balaban J connectivity index is 0.000000222. The zero-order valence-electron chi connectivity index (χ0n) is 27.5. The highest BCUT2D eigenvalue weighted by atomic mass is 127. The van der Waals surface area contributed by atoms with Crippen LogP contribution in [0, 0.1) is 27.8 Å². The number of hydrogen-bond acceptors (Lipinski definition) is 6. The molecule has 0 aliphatic heterocycles. The summed E-state index contributed by atoms with van der Waals surface area (Å²) < 4.78 is 20.8. The Bertz CT molecular complexity index is 2160. The van der Waals surface area contributed by atoms with E-state index >= 15 is 0 Å². The minimum Gasteiger partial charge on any atom is -0.497 e. The molecule has 0 spiro atoms. The molecule has 0 atom stereocenters. The summed E-state index contributed by atoms with van der Waals surface area (Å²) in [5, 5.41) is 3.80. The minimum atomic E-state index is -0.362. The maximum Gasteiger partial charge on any atom is 0.338 e. The maximum atomic E-state index is 12.0. The SMILES string of the molecule is C.C#Cc1ccc(OC)cc1.COC(=O)c1cccc2cccc(C#Cc3ccc(OC)cc3)c12.COC(=O)c1cccc2cccc(I)c12. The van der Waals surface area contributed by atoms with Gasteiger partial charge >= 0.3 is 11.9 Å². The fourth-order valence-corrected chi connectivity index (χ4v) is 5.61. The monoisotopic (exact) mass is 776 g/mol. The van der Waals surface area contributed by atoms with Crippen molar-refractivity contribution in [1.29, 1.82) is 0 Å². The number of fused-ring (bicyclic) bond motifs is 2. The molecule has 6 aromatic rings. The quantitative estimate of drug-likeness (QED) is 0.101. The Hall–Kier alpha value is -5.77. The highest BCUT2D eigenvalue weighted by Gasteiger charge is 2.13. The van der Waals surface area contributed by atoms with Crippen LogP contribution < -0.4 is 9.47 Å². The number of carbonyl (C=O) groups excluding carboxylic acids is 2. The number of halogens is 1. The van der Waals surface area contributed by atoms with Crippen molar-refractivity contribution in [3.05, 3.63) is 153 Å². The molecule has 0 aliphatic carbocycles. The first kappa shape index (κ1) is 38.7. The van der Waals surface area contributed by atoms with E-state index in [1.807, 2.05) is 109 Å². The van der Waals surface area contributed by atoms with Crippen molar-refractivity contribution in [2.24, 2.45) is 0 Å². The van der Waals surface area contributed by atoms with E-state index in [0.29, 0.717) is 11.1 Å². The lowest BCUT2D eigenvalue weighted by Gasteiger charge is -2.06. The summed E-state index contributed by atoms with van der Waals surface area (Å²) in [5.41, 5.74) is 3.70. The zero-order valence-corrected chi connectivity index (χ0v) is 29.6. The molecule has 0 fully saturated rings. The van der Waals surface area contributed by atoms with Crippen molar-refractivity contribution < 1.29 is 28.5 Å². The summed E-state index contributed by atoms with van der Waals surface area (Å²) in [6.07, 6.45) is 5.15. The highest BCUT2D eigenvalue weighted by molar-refractivity contribution is 14.1. The van der Waals surface area contributed by atoms with Crippen LogP contribution in [0.25, 0.3) is 21.5 Å².